The monoisotopic (exact) mass is 337 g/mol. The highest BCUT2D eigenvalue weighted by Crippen LogP contribution is 2.29. The largest absolute Gasteiger partial charge is 0.484 e. The summed E-state index contributed by atoms with van der Waals surface area (Å²) >= 11 is 3.47. The molecule has 0 amide bonds. The van der Waals surface area contributed by atoms with Gasteiger partial charge in [0.15, 0.2) is 0 Å². The minimum absolute atomic E-state index is 0.0717. The normalized spacial score (nSPS) is 14.1. The van der Waals surface area contributed by atoms with Gasteiger partial charge in [0.05, 0.1) is 6.20 Å². The second-order valence-electron chi connectivity index (χ2n) is 4.97. The smallest absolute Gasteiger partial charge is 0.142 e. The third kappa shape index (κ3) is 3.41. The molecule has 5 heteroatoms. The number of benzene rings is 1. The first-order chi connectivity index (χ1) is 9.51. The standard InChI is InChI=1S/C15H20BrN3O/c1-4-13(17)15(11-8-18-19(3)9-11)20-14-7-12(16)6-5-10(14)2/h5-9,13,15H,4,17H2,1-3H3. The Hall–Kier alpha value is -1.33. The van der Waals surface area contributed by atoms with E-state index in [2.05, 4.69) is 28.0 Å². The average Bonchev–Trinajstić information content (AvgIpc) is 2.85. The molecule has 0 bridgehead atoms. The fourth-order valence-corrected chi connectivity index (χ4v) is 2.38. The van der Waals surface area contributed by atoms with Crippen molar-refractivity contribution in [3.05, 3.63) is 46.2 Å². The number of ether oxygens (including phenoxy) is 1. The minimum atomic E-state index is -0.193. The van der Waals surface area contributed by atoms with Gasteiger partial charge in [-0.2, -0.15) is 5.10 Å². The Morgan fingerprint density at radius 1 is 1.45 bits per heavy atom. The molecule has 0 fully saturated rings. The van der Waals surface area contributed by atoms with Gasteiger partial charge in [-0.05, 0) is 31.0 Å². The predicted octanol–water partition coefficient (Wildman–Crippen LogP) is 3.35. The van der Waals surface area contributed by atoms with Gasteiger partial charge in [-0.15, -0.1) is 0 Å². The van der Waals surface area contributed by atoms with Crippen molar-refractivity contribution in [3.63, 3.8) is 0 Å². The topological polar surface area (TPSA) is 53.1 Å². The molecule has 108 valence electrons. The molecular weight excluding hydrogens is 318 g/mol. The summed E-state index contributed by atoms with van der Waals surface area (Å²) in [7, 11) is 1.89. The third-order valence-electron chi connectivity index (χ3n) is 3.32. The molecule has 2 aromatic rings. The van der Waals surface area contributed by atoms with Crippen LogP contribution in [0.2, 0.25) is 0 Å². The number of rotatable bonds is 5. The Kier molecular flexibility index (Phi) is 4.83. The van der Waals surface area contributed by atoms with Crippen molar-refractivity contribution in [2.24, 2.45) is 12.8 Å². The highest BCUT2D eigenvalue weighted by molar-refractivity contribution is 9.10. The van der Waals surface area contributed by atoms with Gasteiger partial charge < -0.3 is 10.5 Å². The van der Waals surface area contributed by atoms with Gasteiger partial charge in [0.1, 0.15) is 11.9 Å². The van der Waals surface area contributed by atoms with Crippen LogP contribution in [0.1, 0.15) is 30.6 Å². The molecule has 0 aliphatic heterocycles. The summed E-state index contributed by atoms with van der Waals surface area (Å²) in [5, 5.41) is 4.21. The maximum absolute atomic E-state index is 6.22. The van der Waals surface area contributed by atoms with Crippen LogP contribution in [-0.4, -0.2) is 15.8 Å². The number of aryl methyl sites for hydroxylation is 2. The molecule has 0 saturated carbocycles. The maximum atomic E-state index is 6.22. The van der Waals surface area contributed by atoms with Crippen LogP contribution in [0, 0.1) is 6.92 Å². The molecule has 1 heterocycles. The van der Waals surface area contributed by atoms with E-state index in [1.807, 2.05) is 44.6 Å². The molecule has 0 spiro atoms. The van der Waals surface area contributed by atoms with E-state index in [-0.39, 0.29) is 12.1 Å². The SMILES string of the molecule is CCC(N)C(Oc1cc(Br)ccc1C)c1cnn(C)c1. The Morgan fingerprint density at radius 3 is 2.80 bits per heavy atom. The van der Waals surface area contributed by atoms with Gasteiger partial charge in [0.25, 0.3) is 0 Å². The lowest BCUT2D eigenvalue weighted by Gasteiger charge is -2.24. The number of halogens is 1. The van der Waals surface area contributed by atoms with E-state index in [0.717, 1.165) is 27.8 Å². The molecule has 2 rings (SSSR count). The summed E-state index contributed by atoms with van der Waals surface area (Å²) in [6.45, 7) is 4.09. The summed E-state index contributed by atoms with van der Waals surface area (Å²) in [6, 6.07) is 5.93. The van der Waals surface area contributed by atoms with E-state index in [0.29, 0.717) is 0 Å². The average molecular weight is 338 g/mol. The van der Waals surface area contributed by atoms with Crippen molar-refractivity contribution in [2.45, 2.75) is 32.4 Å². The maximum Gasteiger partial charge on any atom is 0.142 e. The van der Waals surface area contributed by atoms with E-state index in [9.17, 15) is 0 Å². The molecular formula is C15H20BrN3O. The molecule has 20 heavy (non-hydrogen) atoms. The molecule has 2 unspecified atom stereocenters. The zero-order valence-corrected chi connectivity index (χ0v) is 13.6. The van der Waals surface area contributed by atoms with Crippen molar-refractivity contribution in [3.8, 4) is 5.75 Å². The van der Waals surface area contributed by atoms with Crippen molar-refractivity contribution in [2.75, 3.05) is 0 Å². The molecule has 0 saturated heterocycles. The van der Waals surface area contributed by atoms with Crippen LogP contribution in [-0.2, 0) is 7.05 Å². The van der Waals surface area contributed by atoms with Crippen molar-refractivity contribution >= 4 is 15.9 Å². The van der Waals surface area contributed by atoms with Crippen LogP contribution >= 0.6 is 15.9 Å². The Morgan fingerprint density at radius 2 is 2.20 bits per heavy atom. The minimum Gasteiger partial charge on any atom is -0.484 e. The Labute approximate surface area is 128 Å². The number of aromatic nitrogens is 2. The van der Waals surface area contributed by atoms with Gasteiger partial charge in [-0.3, -0.25) is 4.68 Å². The summed E-state index contributed by atoms with van der Waals surface area (Å²) in [4.78, 5) is 0. The lowest BCUT2D eigenvalue weighted by molar-refractivity contribution is 0.169. The zero-order chi connectivity index (χ0) is 14.7. The van der Waals surface area contributed by atoms with Crippen molar-refractivity contribution in [1.29, 1.82) is 0 Å². The molecule has 4 nitrogen and oxygen atoms in total. The van der Waals surface area contributed by atoms with Crippen LogP contribution < -0.4 is 10.5 Å². The van der Waals surface area contributed by atoms with E-state index in [1.165, 1.54) is 0 Å². The summed E-state index contributed by atoms with van der Waals surface area (Å²) in [5.74, 6) is 0.845. The third-order valence-corrected chi connectivity index (χ3v) is 3.81. The highest BCUT2D eigenvalue weighted by Gasteiger charge is 2.22. The Bertz CT molecular complexity index is 582. The number of hydrogen-bond acceptors (Lipinski definition) is 3. The first-order valence-electron chi connectivity index (χ1n) is 6.68. The number of nitrogens with two attached hydrogens (primary N) is 1. The second-order valence-corrected chi connectivity index (χ2v) is 5.88. The summed E-state index contributed by atoms with van der Waals surface area (Å²) in [5.41, 5.74) is 8.31. The van der Waals surface area contributed by atoms with Gasteiger partial charge in [0, 0.05) is 29.3 Å². The molecule has 0 radical (unpaired) electrons. The van der Waals surface area contributed by atoms with Crippen molar-refractivity contribution < 1.29 is 4.74 Å². The van der Waals surface area contributed by atoms with Crippen molar-refractivity contribution in [1.82, 2.24) is 9.78 Å². The van der Waals surface area contributed by atoms with Crippen LogP contribution in [0.4, 0.5) is 0 Å². The summed E-state index contributed by atoms with van der Waals surface area (Å²) in [6.07, 6.45) is 4.41. The van der Waals surface area contributed by atoms with E-state index in [1.54, 1.807) is 4.68 Å². The van der Waals surface area contributed by atoms with Crippen LogP contribution in [0.5, 0.6) is 5.75 Å². The second kappa shape index (κ2) is 6.41. The quantitative estimate of drug-likeness (QED) is 0.910. The lowest BCUT2D eigenvalue weighted by Crippen LogP contribution is -2.31. The van der Waals surface area contributed by atoms with Gasteiger partial charge in [0.2, 0.25) is 0 Å². The van der Waals surface area contributed by atoms with Gasteiger partial charge >= 0.3 is 0 Å². The fourth-order valence-electron chi connectivity index (χ4n) is 2.04. The van der Waals surface area contributed by atoms with Gasteiger partial charge in [-0.1, -0.05) is 28.9 Å². The van der Waals surface area contributed by atoms with E-state index in [4.69, 9.17) is 10.5 Å². The molecule has 2 N–H and O–H groups in total. The molecule has 0 aliphatic rings. The fraction of sp³-hybridized carbons (Fsp3) is 0.400. The first-order valence-corrected chi connectivity index (χ1v) is 7.47. The molecule has 2 atom stereocenters. The van der Waals surface area contributed by atoms with E-state index < -0.39 is 0 Å². The van der Waals surface area contributed by atoms with Crippen LogP contribution in [0.15, 0.2) is 35.1 Å². The van der Waals surface area contributed by atoms with Gasteiger partial charge in [-0.25, -0.2) is 0 Å². The number of nitrogens with zero attached hydrogens (tertiary/aromatic N) is 2. The zero-order valence-electron chi connectivity index (χ0n) is 12.0. The Balaban J connectivity index is 2.30. The van der Waals surface area contributed by atoms with Crippen LogP contribution in [0.25, 0.3) is 0 Å². The summed E-state index contributed by atoms with van der Waals surface area (Å²) < 4.78 is 8.93. The number of hydrogen-bond donors (Lipinski definition) is 1. The first kappa shape index (κ1) is 15.1. The van der Waals surface area contributed by atoms with E-state index >= 15 is 0 Å². The molecule has 1 aromatic heterocycles. The predicted molar refractivity (Wildman–Crippen MR) is 83.7 cm³/mol. The van der Waals surface area contributed by atoms with Crippen LogP contribution in [0.3, 0.4) is 0 Å². The molecule has 0 aliphatic carbocycles. The lowest BCUT2D eigenvalue weighted by atomic mass is 10.0. The highest BCUT2D eigenvalue weighted by atomic mass is 79.9. The molecule has 1 aromatic carbocycles.